The number of hydrogen-bond acceptors (Lipinski definition) is 0. The van der Waals surface area contributed by atoms with Crippen molar-refractivity contribution in [2.24, 2.45) is 0 Å². The quantitative estimate of drug-likeness (QED) is 0.247. The minimum atomic E-state index is 0.201. The topological polar surface area (TPSA) is 0 Å². The predicted octanol–water partition coefficient (Wildman–Crippen LogP) is 7.22. The number of allylic oxidation sites excluding steroid dienone is 2. The Morgan fingerprint density at radius 1 is 0.750 bits per heavy atom. The zero-order valence-electron chi connectivity index (χ0n) is 14.4. The number of halogens is 1. The van der Waals surface area contributed by atoms with Crippen molar-refractivity contribution in [3.05, 3.63) is 11.3 Å². The van der Waals surface area contributed by atoms with Gasteiger partial charge in [-0.25, -0.2) is 4.39 Å². The molecule has 118 valence electrons. The van der Waals surface area contributed by atoms with Crippen molar-refractivity contribution in [1.29, 1.82) is 0 Å². The van der Waals surface area contributed by atoms with E-state index in [0.717, 1.165) is 31.0 Å². The molecule has 0 aliphatic heterocycles. The fourth-order valence-electron chi connectivity index (χ4n) is 3.06. The van der Waals surface area contributed by atoms with Crippen LogP contribution in [0.3, 0.4) is 0 Å². The average Bonchev–Trinajstić information content (AvgIpc) is 2.47. The predicted molar refractivity (Wildman–Crippen MR) is 92.4 cm³/mol. The molecule has 0 radical (unpaired) electrons. The van der Waals surface area contributed by atoms with Crippen LogP contribution in [0.5, 0.6) is 0 Å². The van der Waals surface area contributed by atoms with Crippen LogP contribution in [-0.2, 0) is 0 Å². The van der Waals surface area contributed by atoms with E-state index in [1.807, 2.05) is 0 Å². The Morgan fingerprint density at radius 3 is 1.70 bits per heavy atom. The summed E-state index contributed by atoms with van der Waals surface area (Å²) in [5.41, 5.74) is 1.10. The van der Waals surface area contributed by atoms with Gasteiger partial charge in [0.2, 0.25) is 0 Å². The largest absolute Gasteiger partial charge is 0.213 e. The van der Waals surface area contributed by atoms with Crippen LogP contribution in [0.1, 0.15) is 91.9 Å². The summed E-state index contributed by atoms with van der Waals surface area (Å²) in [5.74, 6) is 0.201. The van der Waals surface area contributed by atoms with Crippen molar-refractivity contribution in [2.45, 2.75) is 105 Å². The third kappa shape index (κ3) is 8.82. The van der Waals surface area contributed by atoms with Crippen molar-refractivity contribution >= 4 is 6.71 Å². The first-order valence-electron chi connectivity index (χ1n) is 9.08. The molecule has 0 saturated heterocycles. The van der Waals surface area contributed by atoms with Crippen molar-refractivity contribution in [1.82, 2.24) is 0 Å². The molecular formula is C18H36BF. The lowest BCUT2D eigenvalue weighted by atomic mass is 9.40. The van der Waals surface area contributed by atoms with Crippen LogP contribution in [0.2, 0.25) is 12.6 Å². The van der Waals surface area contributed by atoms with Gasteiger partial charge in [-0.2, -0.15) is 0 Å². The molecule has 0 nitrogen and oxygen atoms in total. The molecule has 0 unspecified atom stereocenters. The summed E-state index contributed by atoms with van der Waals surface area (Å²) in [4.78, 5) is 0. The fourth-order valence-corrected chi connectivity index (χ4v) is 3.06. The van der Waals surface area contributed by atoms with Gasteiger partial charge < -0.3 is 0 Å². The van der Waals surface area contributed by atoms with E-state index < -0.39 is 0 Å². The molecular weight excluding hydrogens is 246 g/mol. The Hall–Kier alpha value is -0.265. The second kappa shape index (κ2) is 13.7. The van der Waals surface area contributed by atoms with Crippen molar-refractivity contribution in [3.63, 3.8) is 0 Å². The Morgan fingerprint density at radius 2 is 1.25 bits per heavy atom. The summed E-state index contributed by atoms with van der Waals surface area (Å²) in [6, 6.07) is 0. The second-order valence-electron chi connectivity index (χ2n) is 6.02. The molecule has 0 heterocycles. The Bertz CT molecular complexity index is 244. The molecule has 2 heteroatoms. The van der Waals surface area contributed by atoms with Crippen LogP contribution >= 0.6 is 0 Å². The third-order valence-electron chi connectivity index (χ3n) is 4.46. The van der Waals surface area contributed by atoms with E-state index in [0.29, 0.717) is 13.1 Å². The van der Waals surface area contributed by atoms with Gasteiger partial charge in [0.15, 0.2) is 6.71 Å². The molecule has 0 aromatic carbocycles. The van der Waals surface area contributed by atoms with Gasteiger partial charge >= 0.3 is 0 Å². The minimum absolute atomic E-state index is 0.201. The standard InChI is InChI=1S/C18H36BF/c1-5-9-10-11-12-13-14-15-16-18(20)17(6-2)19(7-3)8-4/h5-16H2,1-4H3/b18-17+. The van der Waals surface area contributed by atoms with Gasteiger partial charge in [-0.15, -0.1) is 0 Å². The van der Waals surface area contributed by atoms with Crippen LogP contribution in [0.25, 0.3) is 0 Å². The van der Waals surface area contributed by atoms with Crippen LogP contribution in [0.15, 0.2) is 11.3 Å². The lowest BCUT2D eigenvalue weighted by molar-refractivity contribution is 0.529. The summed E-state index contributed by atoms with van der Waals surface area (Å²) in [7, 11) is 0. The van der Waals surface area contributed by atoms with Crippen molar-refractivity contribution in [3.8, 4) is 0 Å². The fraction of sp³-hybridized carbons (Fsp3) is 0.889. The molecule has 0 aliphatic carbocycles. The second-order valence-corrected chi connectivity index (χ2v) is 6.02. The van der Waals surface area contributed by atoms with Gasteiger partial charge in [0.25, 0.3) is 0 Å². The first kappa shape index (κ1) is 19.7. The van der Waals surface area contributed by atoms with Gasteiger partial charge in [0.1, 0.15) is 0 Å². The maximum Gasteiger partial charge on any atom is 0.173 e. The zero-order valence-corrected chi connectivity index (χ0v) is 14.4. The van der Waals surface area contributed by atoms with Gasteiger partial charge in [-0.3, -0.25) is 0 Å². The monoisotopic (exact) mass is 282 g/mol. The molecule has 0 bridgehead atoms. The van der Waals surface area contributed by atoms with E-state index in [-0.39, 0.29) is 5.83 Å². The number of hydrogen-bond donors (Lipinski definition) is 0. The highest BCUT2D eigenvalue weighted by atomic mass is 19.1. The highest BCUT2D eigenvalue weighted by molar-refractivity contribution is 6.66. The molecule has 0 atom stereocenters. The molecule has 20 heavy (non-hydrogen) atoms. The van der Waals surface area contributed by atoms with E-state index in [1.54, 1.807) is 0 Å². The number of unbranched alkanes of at least 4 members (excludes halogenated alkanes) is 7. The summed E-state index contributed by atoms with van der Waals surface area (Å²) in [6.07, 6.45) is 14.0. The van der Waals surface area contributed by atoms with Crippen LogP contribution in [-0.4, -0.2) is 6.71 Å². The molecule has 0 spiro atoms. The summed E-state index contributed by atoms with van der Waals surface area (Å²) in [5, 5.41) is 0. The molecule has 0 saturated carbocycles. The molecule has 0 aromatic heterocycles. The van der Waals surface area contributed by atoms with E-state index in [1.165, 1.54) is 44.9 Å². The lowest BCUT2D eigenvalue weighted by Gasteiger charge is -2.14. The smallest absolute Gasteiger partial charge is 0.173 e. The summed E-state index contributed by atoms with van der Waals surface area (Å²) < 4.78 is 14.2. The van der Waals surface area contributed by atoms with E-state index in [2.05, 4.69) is 27.7 Å². The zero-order chi connectivity index (χ0) is 15.2. The van der Waals surface area contributed by atoms with E-state index >= 15 is 0 Å². The van der Waals surface area contributed by atoms with Crippen molar-refractivity contribution in [2.75, 3.05) is 0 Å². The SMILES string of the molecule is CCCCCCCCCC/C(F)=C(/CC)B(CC)CC. The minimum Gasteiger partial charge on any atom is -0.213 e. The third-order valence-corrected chi connectivity index (χ3v) is 4.46. The van der Waals surface area contributed by atoms with Crippen LogP contribution in [0.4, 0.5) is 4.39 Å². The maximum atomic E-state index is 14.2. The number of rotatable bonds is 13. The van der Waals surface area contributed by atoms with Gasteiger partial charge in [-0.1, -0.05) is 90.8 Å². The van der Waals surface area contributed by atoms with E-state index in [4.69, 9.17) is 0 Å². The highest BCUT2D eigenvalue weighted by Gasteiger charge is 2.17. The normalized spacial score (nSPS) is 12.4. The molecule has 0 N–H and O–H groups in total. The molecule has 0 aromatic rings. The van der Waals surface area contributed by atoms with Gasteiger partial charge in [0, 0.05) is 0 Å². The molecule has 0 fully saturated rings. The van der Waals surface area contributed by atoms with Gasteiger partial charge in [-0.05, 0) is 19.3 Å². The first-order valence-corrected chi connectivity index (χ1v) is 9.08. The van der Waals surface area contributed by atoms with Crippen LogP contribution in [0, 0.1) is 0 Å². The van der Waals surface area contributed by atoms with Crippen molar-refractivity contribution < 1.29 is 4.39 Å². The maximum absolute atomic E-state index is 14.2. The van der Waals surface area contributed by atoms with E-state index in [9.17, 15) is 4.39 Å². The Balaban J connectivity index is 3.86. The summed E-state index contributed by atoms with van der Waals surface area (Å²) >= 11 is 0. The average molecular weight is 282 g/mol. The Kier molecular flexibility index (Phi) is 13.5. The highest BCUT2D eigenvalue weighted by Crippen LogP contribution is 2.23. The van der Waals surface area contributed by atoms with Crippen LogP contribution < -0.4 is 0 Å². The molecule has 0 aliphatic rings. The summed E-state index contributed by atoms with van der Waals surface area (Å²) in [6.45, 7) is 9.16. The molecule has 0 amide bonds. The lowest BCUT2D eigenvalue weighted by Crippen LogP contribution is -2.14. The first-order chi connectivity index (χ1) is 9.71. The Labute approximate surface area is 127 Å². The molecule has 0 rings (SSSR count). The van der Waals surface area contributed by atoms with Gasteiger partial charge in [0.05, 0.1) is 5.83 Å².